The van der Waals surface area contributed by atoms with Crippen molar-refractivity contribution in [3.05, 3.63) is 36.3 Å². The highest BCUT2D eigenvalue weighted by atomic mass is 32.2. The molecule has 4 heteroatoms. The lowest BCUT2D eigenvalue weighted by molar-refractivity contribution is 0.258. The molecule has 1 atom stereocenters. The molecule has 2 rings (SSSR count). The molecule has 0 radical (unpaired) electrons. The summed E-state index contributed by atoms with van der Waals surface area (Å²) >= 11 is 1.73. The average molecular weight is 262 g/mol. The van der Waals surface area contributed by atoms with E-state index < -0.39 is 0 Å². The first-order valence-corrected chi connectivity index (χ1v) is 7.31. The highest BCUT2D eigenvalue weighted by molar-refractivity contribution is 7.98. The van der Waals surface area contributed by atoms with Gasteiger partial charge in [-0.3, -0.25) is 0 Å². The zero-order chi connectivity index (χ0) is 13.0. The molecular weight excluding hydrogens is 244 g/mol. The van der Waals surface area contributed by atoms with Crippen molar-refractivity contribution in [3.8, 4) is 11.3 Å². The highest BCUT2D eigenvalue weighted by Gasteiger charge is 2.12. The second-order valence-electron chi connectivity index (χ2n) is 4.20. The molecule has 0 aliphatic heterocycles. The van der Waals surface area contributed by atoms with Crippen LogP contribution in [-0.2, 0) is 0 Å². The number of rotatable bonds is 5. The quantitative estimate of drug-likeness (QED) is 0.813. The number of imidazole rings is 1. The van der Waals surface area contributed by atoms with E-state index in [1.165, 1.54) is 4.90 Å². The first kappa shape index (κ1) is 13.2. The molecule has 0 bridgehead atoms. The third kappa shape index (κ3) is 2.76. The monoisotopic (exact) mass is 262 g/mol. The molecule has 1 aromatic heterocycles. The number of aromatic amines is 1. The summed E-state index contributed by atoms with van der Waals surface area (Å²) in [7, 11) is 0. The lowest BCUT2D eigenvalue weighted by atomic mass is 10.1. The van der Waals surface area contributed by atoms with Gasteiger partial charge in [-0.2, -0.15) is 0 Å². The second kappa shape index (κ2) is 6.07. The van der Waals surface area contributed by atoms with Crippen molar-refractivity contribution in [3.63, 3.8) is 0 Å². The SMILES string of the molecule is CCC(CO)c1ncc(-c2ccc(SC)cc2)[nH]1. The van der Waals surface area contributed by atoms with Crippen molar-refractivity contribution in [2.45, 2.75) is 24.2 Å². The lowest BCUT2D eigenvalue weighted by Crippen LogP contribution is -2.04. The number of nitrogens with one attached hydrogen (secondary N) is 1. The van der Waals surface area contributed by atoms with Crippen LogP contribution in [0.25, 0.3) is 11.3 Å². The van der Waals surface area contributed by atoms with Crippen LogP contribution in [0.3, 0.4) is 0 Å². The van der Waals surface area contributed by atoms with Crippen LogP contribution in [0.15, 0.2) is 35.4 Å². The third-order valence-electron chi connectivity index (χ3n) is 3.10. The van der Waals surface area contributed by atoms with E-state index in [1.54, 1.807) is 11.8 Å². The molecule has 0 fully saturated rings. The molecular formula is C14H18N2OS. The van der Waals surface area contributed by atoms with Crippen LogP contribution in [0.2, 0.25) is 0 Å². The first-order chi connectivity index (χ1) is 8.78. The second-order valence-corrected chi connectivity index (χ2v) is 5.08. The van der Waals surface area contributed by atoms with E-state index in [4.69, 9.17) is 0 Å². The van der Waals surface area contributed by atoms with Crippen molar-refractivity contribution < 1.29 is 5.11 Å². The van der Waals surface area contributed by atoms with Gasteiger partial charge in [-0.05, 0) is 30.4 Å². The summed E-state index contributed by atoms with van der Waals surface area (Å²) in [6.45, 7) is 2.19. The maximum Gasteiger partial charge on any atom is 0.111 e. The molecule has 0 aliphatic rings. The number of aliphatic hydroxyl groups is 1. The fourth-order valence-corrected chi connectivity index (χ4v) is 2.28. The average Bonchev–Trinajstić information content (AvgIpc) is 2.90. The van der Waals surface area contributed by atoms with E-state index in [0.29, 0.717) is 0 Å². The van der Waals surface area contributed by atoms with Crippen LogP contribution >= 0.6 is 11.8 Å². The van der Waals surface area contributed by atoms with E-state index in [9.17, 15) is 5.11 Å². The number of nitrogens with zero attached hydrogens (tertiary/aromatic N) is 1. The van der Waals surface area contributed by atoms with Crippen LogP contribution in [0, 0.1) is 0 Å². The predicted molar refractivity (Wildman–Crippen MR) is 75.9 cm³/mol. The van der Waals surface area contributed by atoms with Crippen molar-refractivity contribution in [1.29, 1.82) is 0 Å². The molecule has 0 saturated carbocycles. The third-order valence-corrected chi connectivity index (χ3v) is 3.84. The Kier molecular flexibility index (Phi) is 4.44. The van der Waals surface area contributed by atoms with Gasteiger partial charge in [-0.15, -0.1) is 11.8 Å². The van der Waals surface area contributed by atoms with Crippen molar-refractivity contribution >= 4 is 11.8 Å². The fraction of sp³-hybridized carbons (Fsp3) is 0.357. The molecule has 1 unspecified atom stereocenters. The van der Waals surface area contributed by atoms with Crippen LogP contribution < -0.4 is 0 Å². The Morgan fingerprint density at radius 2 is 2.06 bits per heavy atom. The molecule has 1 aromatic carbocycles. The lowest BCUT2D eigenvalue weighted by Gasteiger charge is -2.07. The van der Waals surface area contributed by atoms with Crippen LogP contribution in [0.4, 0.5) is 0 Å². The maximum atomic E-state index is 9.26. The van der Waals surface area contributed by atoms with E-state index >= 15 is 0 Å². The number of aromatic nitrogens is 2. The molecule has 2 N–H and O–H groups in total. The van der Waals surface area contributed by atoms with Crippen LogP contribution in [0.5, 0.6) is 0 Å². The molecule has 0 amide bonds. The summed E-state index contributed by atoms with van der Waals surface area (Å²) in [5.74, 6) is 0.966. The van der Waals surface area contributed by atoms with Crippen LogP contribution in [0.1, 0.15) is 25.1 Å². The molecule has 2 aromatic rings. The van der Waals surface area contributed by atoms with E-state index in [2.05, 4.69) is 47.4 Å². The standard InChI is InChI=1S/C14H18N2OS/c1-3-10(9-17)14-15-8-13(16-14)11-4-6-12(18-2)7-5-11/h4-8,10,17H,3,9H2,1-2H3,(H,15,16). The van der Waals surface area contributed by atoms with Crippen LogP contribution in [-0.4, -0.2) is 27.9 Å². The van der Waals surface area contributed by atoms with Gasteiger partial charge >= 0.3 is 0 Å². The molecule has 0 spiro atoms. The number of H-pyrrole nitrogens is 1. The van der Waals surface area contributed by atoms with Gasteiger partial charge in [-0.25, -0.2) is 4.98 Å². The topological polar surface area (TPSA) is 48.9 Å². The summed E-state index contributed by atoms with van der Waals surface area (Å²) in [5, 5.41) is 9.26. The van der Waals surface area contributed by atoms with Crippen molar-refractivity contribution in [2.24, 2.45) is 0 Å². The zero-order valence-corrected chi connectivity index (χ0v) is 11.5. The highest BCUT2D eigenvalue weighted by Crippen LogP contribution is 2.24. The minimum absolute atomic E-state index is 0.101. The predicted octanol–water partition coefficient (Wildman–Crippen LogP) is 3.28. The summed E-state index contributed by atoms with van der Waals surface area (Å²) in [4.78, 5) is 8.90. The number of thioether (sulfide) groups is 1. The molecule has 3 nitrogen and oxygen atoms in total. The molecule has 18 heavy (non-hydrogen) atoms. The minimum atomic E-state index is 0.101. The summed E-state index contributed by atoms with van der Waals surface area (Å²) in [5.41, 5.74) is 2.13. The number of benzene rings is 1. The van der Waals surface area contributed by atoms with Gasteiger partial charge < -0.3 is 10.1 Å². The van der Waals surface area contributed by atoms with Crippen molar-refractivity contribution in [1.82, 2.24) is 9.97 Å². The zero-order valence-electron chi connectivity index (χ0n) is 10.7. The van der Waals surface area contributed by atoms with Gasteiger partial charge in [0.15, 0.2) is 0 Å². The normalized spacial score (nSPS) is 12.6. The van der Waals surface area contributed by atoms with E-state index in [0.717, 1.165) is 23.5 Å². The Hall–Kier alpha value is -1.26. The minimum Gasteiger partial charge on any atom is -0.396 e. The van der Waals surface area contributed by atoms with Gasteiger partial charge in [0.2, 0.25) is 0 Å². The van der Waals surface area contributed by atoms with Gasteiger partial charge in [0.1, 0.15) is 5.82 Å². The Morgan fingerprint density at radius 3 is 2.61 bits per heavy atom. The summed E-state index contributed by atoms with van der Waals surface area (Å²) in [6.07, 6.45) is 4.78. The van der Waals surface area contributed by atoms with E-state index in [1.807, 2.05) is 6.20 Å². The Balaban J connectivity index is 2.23. The van der Waals surface area contributed by atoms with Gasteiger partial charge in [-0.1, -0.05) is 19.1 Å². The Morgan fingerprint density at radius 1 is 1.33 bits per heavy atom. The fourth-order valence-electron chi connectivity index (χ4n) is 1.87. The molecule has 1 heterocycles. The first-order valence-electron chi connectivity index (χ1n) is 6.08. The number of hydrogen-bond acceptors (Lipinski definition) is 3. The summed E-state index contributed by atoms with van der Waals surface area (Å²) < 4.78 is 0. The van der Waals surface area contributed by atoms with Gasteiger partial charge in [0.25, 0.3) is 0 Å². The van der Waals surface area contributed by atoms with E-state index in [-0.39, 0.29) is 12.5 Å². The van der Waals surface area contributed by atoms with Crippen molar-refractivity contribution in [2.75, 3.05) is 12.9 Å². The largest absolute Gasteiger partial charge is 0.396 e. The number of hydrogen-bond donors (Lipinski definition) is 2. The molecule has 0 aliphatic carbocycles. The molecule has 96 valence electrons. The Bertz CT molecular complexity index is 489. The number of aliphatic hydroxyl groups excluding tert-OH is 1. The summed E-state index contributed by atoms with van der Waals surface area (Å²) in [6, 6.07) is 8.37. The molecule has 0 saturated heterocycles. The van der Waals surface area contributed by atoms with Gasteiger partial charge in [0, 0.05) is 10.8 Å². The van der Waals surface area contributed by atoms with Gasteiger partial charge in [0.05, 0.1) is 18.5 Å². The maximum absolute atomic E-state index is 9.26. The Labute approximate surface area is 112 Å². The smallest absolute Gasteiger partial charge is 0.111 e.